The van der Waals surface area contributed by atoms with E-state index in [2.05, 4.69) is 42.6 Å². The molecule has 0 spiro atoms. The minimum Gasteiger partial charge on any atom is -0.497 e. The summed E-state index contributed by atoms with van der Waals surface area (Å²) in [7, 11) is 3.11. The van der Waals surface area contributed by atoms with Crippen molar-refractivity contribution < 1.29 is 14.4 Å². The fraction of sp³-hybridized carbons (Fsp3) is 0.345. The van der Waals surface area contributed by atoms with Gasteiger partial charge in [-0.25, -0.2) is 15.4 Å². The number of nitrogens with zero attached hydrogens (tertiary/aromatic N) is 3. The van der Waals surface area contributed by atoms with Crippen LogP contribution in [0.4, 0.5) is 5.69 Å². The minimum absolute atomic E-state index is 0.155. The maximum absolute atomic E-state index is 11.7. The van der Waals surface area contributed by atoms with Crippen molar-refractivity contribution in [1.82, 2.24) is 25.3 Å². The number of anilines is 1. The largest absolute Gasteiger partial charge is 0.497 e. The van der Waals surface area contributed by atoms with Crippen LogP contribution in [0.25, 0.3) is 22.4 Å². The topological polar surface area (TPSA) is 104 Å². The van der Waals surface area contributed by atoms with Crippen LogP contribution in [-0.2, 0) is 22.6 Å². The molecular formula is C29H33ClN6O3. The van der Waals surface area contributed by atoms with E-state index in [0.29, 0.717) is 29.2 Å². The molecule has 0 radical (unpaired) electrons. The number of pyridine rings is 1. The minimum atomic E-state index is -0.155. The molecule has 1 aliphatic rings. The monoisotopic (exact) mass is 548 g/mol. The second kappa shape index (κ2) is 12.5. The number of carbonyl (C=O) groups is 1. The van der Waals surface area contributed by atoms with Gasteiger partial charge in [0.05, 0.1) is 37.0 Å². The van der Waals surface area contributed by atoms with Gasteiger partial charge < -0.3 is 15.0 Å². The van der Waals surface area contributed by atoms with E-state index in [1.807, 2.05) is 36.4 Å². The van der Waals surface area contributed by atoms with Crippen LogP contribution in [0.5, 0.6) is 5.75 Å². The third-order valence-corrected chi connectivity index (χ3v) is 7.47. The van der Waals surface area contributed by atoms with Crippen molar-refractivity contribution in [2.75, 3.05) is 32.6 Å². The summed E-state index contributed by atoms with van der Waals surface area (Å²) in [5.74, 6) is 0.723. The molecule has 9 nitrogen and oxygen atoms in total. The first-order valence-electron chi connectivity index (χ1n) is 13.1. The van der Waals surface area contributed by atoms with Gasteiger partial charge in [0, 0.05) is 37.7 Å². The molecule has 2 aromatic carbocycles. The van der Waals surface area contributed by atoms with Crippen molar-refractivity contribution in [3.63, 3.8) is 0 Å². The van der Waals surface area contributed by atoms with E-state index in [1.165, 1.54) is 12.7 Å². The number of aromatic nitrogens is 3. The standard InChI is InChI=1S/C29H33ClN6O3/c1-38-23-10-5-20(6-11-23)17-36-15-13-22(14-16-36)33-27-25(30)26(34-29-28(27)31-18-32-29)21-8-3-19(4-9-21)7-12-24(37)35-39-2/h3-6,8-11,18,22H,7,12-17H2,1-2H3,(H,35,37)(H2,31,32,33,34). The number of aryl methyl sites for hydroxylation is 1. The Morgan fingerprint density at radius 3 is 2.49 bits per heavy atom. The normalized spacial score (nSPS) is 14.4. The first-order valence-corrected chi connectivity index (χ1v) is 13.5. The molecule has 0 saturated carbocycles. The van der Waals surface area contributed by atoms with Crippen molar-refractivity contribution in [2.24, 2.45) is 0 Å². The Labute approximate surface area is 232 Å². The van der Waals surface area contributed by atoms with Gasteiger partial charge in [0.1, 0.15) is 11.3 Å². The lowest BCUT2D eigenvalue weighted by Crippen LogP contribution is -2.38. The number of benzene rings is 2. The molecule has 0 unspecified atom stereocenters. The highest BCUT2D eigenvalue weighted by molar-refractivity contribution is 6.37. The molecular weight excluding hydrogens is 516 g/mol. The number of amides is 1. The molecule has 2 aromatic heterocycles. The molecule has 5 rings (SSSR count). The highest BCUT2D eigenvalue weighted by atomic mass is 35.5. The van der Waals surface area contributed by atoms with E-state index in [1.54, 1.807) is 13.4 Å². The maximum Gasteiger partial charge on any atom is 0.243 e. The van der Waals surface area contributed by atoms with Gasteiger partial charge in [0.2, 0.25) is 5.91 Å². The second-order valence-corrected chi connectivity index (χ2v) is 10.1. The number of imidazole rings is 1. The van der Waals surface area contributed by atoms with Crippen molar-refractivity contribution in [3.8, 4) is 17.0 Å². The predicted octanol–water partition coefficient (Wildman–Crippen LogP) is 4.97. The molecule has 3 heterocycles. The summed E-state index contributed by atoms with van der Waals surface area (Å²) in [5, 5.41) is 4.27. The average molecular weight is 549 g/mol. The summed E-state index contributed by atoms with van der Waals surface area (Å²) in [6, 6.07) is 16.5. The van der Waals surface area contributed by atoms with Crippen molar-refractivity contribution in [1.29, 1.82) is 0 Å². The fourth-order valence-corrected chi connectivity index (χ4v) is 5.25. The molecule has 0 aliphatic carbocycles. The third kappa shape index (κ3) is 6.50. The van der Waals surface area contributed by atoms with Crippen LogP contribution in [0, 0.1) is 0 Å². The highest BCUT2D eigenvalue weighted by Crippen LogP contribution is 2.37. The van der Waals surface area contributed by atoms with Gasteiger partial charge in [-0.1, -0.05) is 48.0 Å². The number of hydrogen-bond acceptors (Lipinski definition) is 7. The van der Waals surface area contributed by atoms with Crippen LogP contribution in [0.15, 0.2) is 54.9 Å². The number of piperidine rings is 1. The summed E-state index contributed by atoms with van der Waals surface area (Å²) in [6.07, 6.45) is 4.61. The second-order valence-electron chi connectivity index (χ2n) is 9.72. The molecule has 1 amide bonds. The van der Waals surface area contributed by atoms with Crippen LogP contribution in [0.3, 0.4) is 0 Å². The lowest BCUT2D eigenvalue weighted by Gasteiger charge is -2.33. The van der Waals surface area contributed by atoms with Gasteiger partial charge in [-0.05, 0) is 42.5 Å². The number of carbonyl (C=O) groups excluding carboxylic acids is 1. The number of ether oxygens (including phenoxy) is 1. The van der Waals surface area contributed by atoms with Crippen LogP contribution < -0.4 is 15.5 Å². The Bertz CT molecular complexity index is 1400. The first-order chi connectivity index (χ1) is 19.0. The molecule has 10 heteroatoms. The number of fused-ring (bicyclic) bond motifs is 1. The smallest absolute Gasteiger partial charge is 0.243 e. The molecule has 1 saturated heterocycles. The SMILES string of the molecule is CONC(=O)CCc1ccc(-c2nc3nc[nH]c3c(NC3CCN(Cc4ccc(OC)cc4)CC3)c2Cl)cc1. The van der Waals surface area contributed by atoms with E-state index in [9.17, 15) is 4.79 Å². The number of rotatable bonds is 10. The Kier molecular flexibility index (Phi) is 8.61. The lowest BCUT2D eigenvalue weighted by atomic mass is 10.0. The van der Waals surface area contributed by atoms with Crippen LogP contribution in [0.2, 0.25) is 5.02 Å². The Morgan fingerprint density at radius 2 is 1.79 bits per heavy atom. The number of nitrogens with one attached hydrogen (secondary N) is 3. The molecule has 1 fully saturated rings. The molecule has 3 N–H and O–H groups in total. The summed E-state index contributed by atoms with van der Waals surface area (Å²) in [4.78, 5) is 31.2. The number of methoxy groups -OCH3 is 1. The Balaban J connectivity index is 1.26. The van der Waals surface area contributed by atoms with Crippen molar-refractivity contribution in [2.45, 2.75) is 38.3 Å². The zero-order valence-corrected chi connectivity index (χ0v) is 22.9. The van der Waals surface area contributed by atoms with E-state index in [0.717, 1.165) is 60.6 Å². The Hall–Kier alpha value is -3.66. The first kappa shape index (κ1) is 26.9. The van der Waals surface area contributed by atoms with Crippen molar-refractivity contribution >= 4 is 34.4 Å². The summed E-state index contributed by atoms with van der Waals surface area (Å²) < 4.78 is 5.27. The van der Waals surface area contributed by atoms with Gasteiger partial charge in [-0.15, -0.1) is 0 Å². The molecule has 0 bridgehead atoms. The quantitative estimate of drug-likeness (QED) is 0.240. The summed E-state index contributed by atoms with van der Waals surface area (Å²) in [6.45, 7) is 2.92. The number of hydroxylamine groups is 1. The van der Waals surface area contributed by atoms with E-state index in [4.69, 9.17) is 21.3 Å². The number of H-pyrrole nitrogens is 1. The summed E-state index contributed by atoms with van der Waals surface area (Å²) >= 11 is 6.98. The zero-order chi connectivity index (χ0) is 27.2. The fourth-order valence-electron chi connectivity index (χ4n) is 4.95. The van der Waals surface area contributed by atoms with Gasteiger partial charge in [0.25, 0.3) is 0 Å². The van der Waals surface area contributed by atoms with E-state index >= 15 is 0 Å². The predicted molar refractivity (Wildman–Crippen MR) is 153 cm³/mol. The number of halogens is 1. The van der Waals surface area contributed by atoms with E-state index in [-0.39, 0.29) is 11.9 Å². The molecule has 1 aliphatic heterocycles. The van der Waals surface area contributed by atoms with Gasteiger partial charge in [0.15, 0.2) is 5.65 Å². The van der Waals surface area contributed by atoms with Gasteiger partial charge in [-0.2, -0.15) is 0 Å². The molecule has 4 aromatic rings. The van der Waals surface area contributed by atoms with Gasteiger partial charge >= 0.3 is 0 Å². The molecule has 204 valence electrons. The van der Waals surface area contributed by atoms with Crippen LogP contribution >= 0.6 is 11.6 Å². The number of likely N-dealkylation sites (tertiary alicyclic amines) is 1. The van der Waals surface area contributed by atoms with E-state index < -0.39 is 0 Å². The van der Waals surface area contributed by atoms with Crippen LogP contribution in [0.1, 0.15) is 30.4 Å². The lowest BCUT2D eigenvalue weighted by molar-refractivity contribution is -0.131. The van der Waals surface area contributed by atoms with Crippen LogP contribution in [-0.4, -0.2) is 59.1 Å². The number of hydrogen-bond donors (Lipinski definition) is 3. The molecule has 39 heavy (non-hydrogen) atoms. The van der Waals surface area contributed by atoms with Gasteiger partial charge in [-0.3, -0.25) is 14.5 Å². The molecule has 0 atom stereocenters. The highest BCUT2D eigenvalue weighted by Gasteiger charge is 2.23. The average Bonchev–Trinajstić information content (AvgIpc) is 3.44. The zero-order valence-electron chi connectivity index (χ0n) is 22.2. The third-order valence-electron chi connectivity index (χ3n) is 7.10. The number of aromatic amines is 1. The summed E-state index contributed by atoms with van der Waals surface area (Å²) in [5.41, 5.74) is 8.51. The Morgan fingerprint density at radius 1 is 1.08 bits per heavy atom. The maximum atomic E-state index is 11.7. The van der Waals surface area contributed by atoms with Crippen molar-refractivity contribution in [3.05, 3.63) is 71.0 Å².